The summed E-state index contributed by atoms with van der Waals surface area (Å²) in [6, 6.07) is 40.5. The van der Waals surface area contributed by atoms with Crippen LogP contribution in [0.1, 0.15) is 90.1 Å². The minimum absolute atomic E-state index is 0.526. The number of benzene rings is 4. The van der Waals surface area contributed by atoms with Crippen LogP contribution in [0.3, 0.4) is 0 Å². The Kier molecular flexibility index (Phi) is 23.2. The lowest BCUT2D eigenvalue weighted by molar-refractivity contribution is 0.266. The topological polar surface area (TPSA) is 42.6 Å². The van der Waals surface area contributed by atoms with Gasteiger partial charge in [-0.15, -0.1) is 0 Å². The largest absolute Gasteiger partial charge is 0.349 e. The molecule has 0 atom stereocenters. The molecule has 5 heteroatoms. The molecule has 4 rings (SSSR count). The maximum absolute atomic E-state index is 3.93. The fourth-order valence-electron chi connectivity index (χ4n) is 4.38. The lowest BCUT2D eigenvalue weighted by Crippen LogP contribution is -2.25. The van der Waals surface area contributed by atoms with Crippen LogP contribution >= 0.6 is 0 Å². The minimum Gasteiger partial charge on any atom is -0.349 e. The first-order valence-electron chi connectivity index (χ1n) is 18.7. The first-order valence-corrected chi connectivity index (χ1v) is 18.7. The quantitative estimate of drug-likeness (QED) is 0.123. The minimum atomic E-state index is 0.526. The van der Waals surface area contributed by atoms with Crippen molar-refractivity contribution < 1.29 is 0 Å². The molecule has 280 valence electrons. The monoisotopic (exact) mass is 694 g/mol. The highest BCUT2D eigenvalue weighted by Crippen LogP contribution is 2.17. The van der Waals surface area contributed by atoms with Gasteiger partial charge in [0.15, 0.2) is 0 Å². The number of hydrogen-bond acceptors (Lipinski definition) is 5. The van der Waals surface area contributed by atoms with Crippen molar-refractivity contribution in [3.05, 3.63) is 149 Å². The Hall–Kier alpha value is -3.74. The van der Waals surface area contributed by atoms with Gasteiger partial charge in [0.05, 0.1) is 0 Å². The normalized spacial score (nSPS) is 10.7. The van der Waals surface area contributed by atoms with Gasteiger partial charge >= 0.3 is 0 Å². The molecule has 0 fully saturated rings. The second kappa shape index (κ2) is 26.1. The first-order chi connectivity index (χ1) is 24.2. The predicted octanol–water partition coefficient (Wildman–Crippen LogP) is 10.4. The maximum atomic E-state index is 3.93. The summed E-state index contributed by atoms with van der Waals surface area (Å²) in [5, 5.41) is 10.1. The van der Waals surface area contributed by atoms with Crippen LogP contribution in [-0.4, -0.2) is 43.2 Å². The fourth-order valence-corrected chi connectivity index (χ4v) is 4.38. The molecule has 0 radical (unpaired) electrons. The van der Waals surface area contributed by atoms with Crippen molar-refractivity contribution in [2.45, 2.75) is 120 Å². The number of allylic oxidation sites excluding steroid dienone is 1. The van der Waals surface area contributed by atoms with Crippen LogP contribution in [-0.2, 0) is 26.2 Å². The highest BCUT2D eigenvalue weighted by atomic mass is 15.1. The SMILES string of the molecule is C=C(C)N(C)c1ccc(CNC(C)C)cc1.CC(C)N(C)Cc1ccccc1.CC(C)NCc1ccccc1.Cc1ccc(CNC(C)C)cc1. The van der Waals surface area contributed by atoms with Gasteiger partial charge in [-0.1, -0.05) is 151 Å². The van der Waals surface area contributed by atoms with Crippen LogP contribution in [0.15, 0.2) is 121 Å². The molecule has 0 aliphatic heterocycles. The van der Waals surface area contributed by atoms with Crippen molar-refractivity contribution in [2.24, 2.45) is 0 Å². The van der Waals surface area contributed by atoms with Crippen LogP contribution in [0.4, 0.5) is 5.69 Å². The molecule has 51 heavy (non-hydrogen) atoms. The zero-order valence-corrected chi connectivity index (χ0v) is 34.1. The van der Waals surface area contributed by atoms with E-state index in [4.69, 9.17) is 0 Å². The van der Waals surface area contributed by atoms with Gasteiger partial charge in [0.2, 0.25) is 0 Å². The average Bonchev–Trinajstić information content (AvgIpc) is 3.11. The summed E-state index contributed by atoms with van der Waals surface area (Å²) >= 11 is 0. The Labute approximate surface area is 313 Å². The zero-order valence-electron chi connectivity index (χ0n) is 34.1. The number of anilines is 1. The summed E-state index contributed by atoms with van der Waals surface area (Å²) in [7, 11) is 4.18. The molecule has 4 aromatic rings. The van der Waals surface area contributed by atoms with Crippen molar-refractivity contribution in [3.63, 3.8) is 0 Å². The third-order valence-corrected chi connectivity index (χ3v) is 8.16. The van der Waals surface area contributed by atoms with Crippen LogP contribution in [0.5, 0.6) is 0 Å². The smallest absolute Gasteiger partial charge is 0.0405 e. The second-order valence-corrected chi connectivity index (χ2v) is 14.5. The van der Waals surface area contributed by atoms with Crippen LogP contribution in [0, 0.1) is 6.92 Å². The van der Waals surface area contributed by atoms with Gasteiger partial charge in [0, 0.05) is 68.8 Å². The number of nitrogens with zero attached hydrogens (tertiary/aromatic N) is 2. The van der Waals surface area contributed by atoms with Crippen molar-refractivity contribution >= 4 is 5.69 Å². The molecule has 0 aliphatic carbocycles. The average molecular weight is 694 g/mol. The van der Waals surface area contributed by atoms with Crippen molar-refractivity contribution in [3.8, 4) is 0 Å². The number of aryl methyl sites for hydroxylation is 1. The molecule has 0 unspecified atom stereocenters. The predicted molar refractivity (Wildman–Crippen MR) is 226 cm³/mol. The Morgan fingerprint density at radius 3 is 1.24 bits per heavy atom. The number of hydrogen-bond donors (Lipinski definition) is 3. The fraction of sp³-hybridized carbons (Fsp3) is 0.435. The summed E-state index contributed by atoms with van der Waals surface area (Å²) < 4.78 is 0. The first kappa shape index (κ1) is 45.3. The van der Waals surface area contributed by atoms with Crippen molar-refractivity contribution in [1.29, 1.82) is 0 Å². The van der Waals surface area contributed by atoms with E-state index in [9.17, 15) is 0 Å². The van der Waals surface area contributed by atoms with Gasteiger partial charge in [-0.05, 0) is 69.1 Å². The molecule has 4 aromatic carbocycles. The molecule has 0 aromatic heterocycles. The standard InChI is InChI=1S/C14H22N2.2C11H17N.C10H15N/c1-11(2)15-10-13-6-8-14(9-7-13)16(5)12(3)4;1-9(2)12-8-11-6-4-10(3)5-7-11;1-10(2)12(3)9-11-7-5-4-6-8-11;1-9(2)11-8-10-6-4-3-5-7-10/h6-9,11,15H,3,10H2,1-2,4-5H3;4-7,9,12H,8H2,1-3H3;4-8,10H,9H2,1-3H3;3-7,9,11H,8H2,1-2H3. The molecule has 0 heterocycles. The summed E-state index contributed by atoms with van der Waals surface area (Å²) in [6.07, 6.45) is 0. The Balaban J connectivity index is 0.000000344. The molecule has 0 saturated heterocycles. The highest BCUT2D eigenvalue weighted by molar-refractivity contribution is 5.51. The lowest BCUT2D eigenvalue weighted by atomic mass is 10.1. The Bertz CT molecular complexity index is 1410. The van der Waals surface area contributed by atoms with Crippen LogP contribution in [0.25, 0.3) is 0 Å². The summed E-state index contributed by atoms with van der Waals surface area (Å²) in [6.45, 7) is 29.3. The van der Waals surface area contributed by atoms with E-state index in [1.807, 2.05) is 20.0 Å². The van der Waals surface area contributed by atoms with Gasteiger partial charge in [0.25, 0.3) is 0 Å². The van der Waals surface area contributed by atoms with E-state index in [0.29, 0.717) is 24.2 Å². The van der Waals surface area contributed by atoms with Gasteiger partial charge in [-0.25, -0.2) is 0 Å². The summed E-state index contributed by atoms with van der Waals surface area (Å²) in [5.74, 6) is 0. The Morgan fingerprint density at radius 2 is 0.882 bits per heavy atom. The van der Waals surface area contributed by atoms with Crippen LogP contribution < -0.4 is 20.9 Å². The number of rotatable bonds is 14. The highest BCUT2D eigenvalue weighted by Gasteiger charge is 2.03. The molecular formula is C46H71N5. The Morgan fingerprint density at radius 1 is 0.529 bits per heavy atom. The van der Waals surface area contributed by atoms with Gasteiger partial charge < -0.3 is 20.9 Å². The van der Waals surface area contributed by atoms with E-state index in [2.05, 4.69) is 205 Å². The zero-order chi connectivity index (χ0) is 38.2. The third-order valence-electron chi connectivity index (χ3n) is 8.16. The lowest BCUT2D eigenvalue weighted by Gasteiger charge is -2.20. The molecule has 0 bridgehead atoms. The molecule has 0 aliphatic rings. The van der Waals surface area contributed by atoms with E-state index in [0.717, 1.165) is 31.9 Å². The molecule has 3 N–H and O–H groups in total. The van der Waals surface area contributed by atoms with Crippen molar-refractivity contribution in [2.75, 3.05) is 19.0 Å². The van der Waals surface area contributed by atoms with E-state index in [1.54, 1.807) is 0 Å². The molecular weight excluding hydrogens is 623 g/mol. The third kappa shape index (κ3) is 22.6. The van der Waals surface area contributed by atoms with Crippen LogP contribution in [0.2, 0.25) is 0 Å². The summed E-state index contributed by atoms with van der Waals surface area (Å²) in [4.78, 5) is 4.41. The molecule has 5 nitrogen and oxygen atoms in total. The van der Waals surface area contributed by atoms with E-state index in [-0.39, 0.29) is 0 Å². The summed E-state index contributed by atoms with van der Waals surface area (Å²) in [5.41, 5.74) is 8.95. The van der Waals surface area contributed by atoms with E-state index in [1.165, 1.54) is 33.5 Å². The van der Waals surface area contributed by atoms with Crippen molar-refractivity contribution in [1.82, 2.24) is 20.9 Å². The molecule has 0 spiro atoms. The van der Waals surface area contributed by atoms with Gasteiger partial charge in [-0.3, -0.25) is 4.90 Å². The molecule has 0 saturated carbocycles. The molecule has 0 amide bonds. The van der Waals surface area contributed by atoms with E-state index >= 15 is 0 Å². The second-order valence-electron chi connectivity index (χ2n) is 14.5. The van der Waals surface area contributed by atoms with E-state index < -0.39 is 0 Å². The number of nitrogens with one attached hydrogen (secondary N) is 3. The van der Waals surface area contributed by atoms with Gasteiger partial charge in [0.1, 0.15) is 0 Å². The van der Waals surface area contributed by atoms with Gasteiger partial charge in [-0.2, -0.15) is 0 Å². The maximum Gasteiger partial charge on any atom is 0.0405 e.